The van der Waals surface area contributed by atoms with Crippen LogP contribution in [-0.2, 0) is 17.1 Å². The Balaban J connectivity index is 2.00. The first kappa shape index (κ1) is 15.3. The van der Waals surface area contributed by atoms with Gasteiger partial charge in [0.05, 0.1) is 6.33 Å². The van der Waals surface area contributed by atoms with Gasteiger partial charge >= 0.3 is 0 Å². The van der Waals surface area contributed by atoms with Crippen LogP contribution in [0.4, 0.5) is 0 Å². The summed E-state index contributed by atoms with van der Waals surface area (Å²) in [5, 5.41) is 0.168. The number of sulfonamides is 1. The average molecular weight is 332 g/mol. The molecular formula is C14H22ClN3O2S. The lowest BCUT2D eigenvalue weighted by Crippen LogP contribution is -2.38. The molecule has 2 bridgehead atoms. The second-order valence-corrected chi connectivity index (χ2v) is 9.88. The molecule has 1 aromatic rings. The van der Waals surface area contributed by atoms with E-state index in [1.54, 1.807) is 11.4 Å². The highest BCUT2D eigenvalue weighted by Gasteiger charge is 2.53. The minimum absolute atomic E-state index is 0.0133. The number of nitrogens with zero attached hydrogens (tertiary/aromatic N) is 3. The Hall–Kier alpha value is -0.590. The molecule has 0 radical (unpaired) electrons. The van der Waals surface area contributed by atoms with E-state index in [0.29, 0.717) is 6.54 Å². The molecule has 0 aromatic carbocycles. The van der Waals surface area contributed by atoms with Crippen LogP contribution in [0.5, 0.6) is 0 Å². The highest BCUT2D eigenvalue weighted by molar-refractivity contribution is 7.89. The molecule has 2 heterocycles. The van der Waals surface area contributed by atoms with Gasteiger partial charge in [0, 0.05) is 19.6 Å². The minimum Gasteiger partial charge on any atom is -0.324 e. The van der Waals surface area contributed by atoms with Crippen LogP contribution in [0.3, 0.4) is 0 Å². The van der Waals surface area contributed by atoms with Gasteiger partial charge < -0.3 is 4.57 Å². The van der Waals surface area contributed by atoms with Crippen molar-refractivity contribution in [2.45, 2.75) is 51.1 Å². The minimum atomic E-state index is -3.62. The molecule has 1 aliphatic carbocycles. The van der Waals surface area contributed by atoms with E-state index in [4.69, 9.17) is 11.6 Å². The van der Waals surface area contributed by atoms with Gasteiger partial charge in [-0.15, -0.1) is 0 Å². The number of rotatable bonds is 2. The van der Waals surface area contributed by atoms with Gasteiger partial charge in [-0.25, -0.2) is 13.4 Å². The molecule has 118 valence electrons. The van der Waals surface area contributed by atoms with Crippen molar-refractivity contribution < 1.29 is 8.42 Å². The SMILES string of the molecule is Cn1cnc(S(=O)(=O)N2CC3(C)CC2CC(C)(C)C3)c1Cl. The Kier molecular flexibility index (Phi) is 3.25. The van der Waals surface area contributed by atoms with Crippen LogP contribution in [0, 0.1) is 10.8 Å². The Morgan fingerprint density at radius 2 is 2.00 bits per heavy atom. The lowest BCUT2D eigenvalue weighted by atomic mass is 9.65. The van der Waals surface area contributed by atoms with Crippen LogP contribution < -0.4 is 0 Å². The summed E-state index contributed by atoms with van der Waals surface area (Å²) in [7, 11) is -1.93. The largest absolute Gasteiger partial charge is 0.324 e. The molecule has 2 atom stereocenters. The molecule has 1 saturated heterocycles. The predicted molar refractivity (Wildman–Crippen MR) is 81.6 cm³/mol. The van der Waals surface area contributed by atoms with Crippen molar-refractivity contribution in [2.24, 2.45) is 17.9 Å². The number of hydrogen-bond acceptors (Lipinski definition) is 3. The Bertz CT molecular complexity index is 682. The van der Waals surface area contributed by atoms with E-state index in [1.165, 1.54) is 10.9 Å². The van der Waals surface area contributed by atoms with Crippen LogP contribution in [-0.4, -0.2) is 34.9 Å². The van der Waals surface area contributed by atoms with E-state index in [-0.39, 0.29) is 27.1 Å². The van der Waals surface area contributed by atoms with Gasteiger partial charge in [0.15, 0.2) is 0 Å². The molecule has 0 N–H and O–H groups in total. The van der Waals surface area contributed by atoms with E-state index in [0.717, 1.165) is 19.3 Å². The first-order chi connectivity index (χ1) is 9.54. The van der Waals surface area contributed by atoms with Gasteiger partial charge in [-0.2, -0.15) is 4.31 Å². The lowest BCUT2D eigenvalue weighted by molar-refractivity contribution is 0.133. The highest BCUT2D eigenvalue weighted by atomic mass is 35.5. The van der Waals surface area contributed by atoms with Crippen molar-refractivity contribution in [2.75, 3.05) is 6.54 Å². The third-order valence-corrected chi connectivity index (χ3v) is 7.14. The van der Waals surface area contributed by atoms with Crippen LogP contribution >= 0.6 is 11.6 Å². The summed E-state index contributed by atoms with van der Waals surface area (Å²) >= 11 is 6.10. The van der Waals surface area contributed by atoms with Gasteiger partial charge in [0.1, 0.15) is 5.15 Å². The van der Waals surface area contributed by atoms with E-state index < -0.39 is 10.0 Å². The Morgan fingerprint density at radius 1 is 1.33 bits per heavy atom. The van der Waals surface area contributed by atoms with Gasteiger partial charge in [0.25, 0.3) is 10.0 Å². The quantitative estimate of drug-likeness (QED) is 0.837. The molecular weight excluding hydrogens is 310 g/mol. The monoisotopic (exact) mass is 331 g/mol. The zero-order valence-electron chi connectivity index (χ0n) is 12.9. The summed E-state index contributed by atoms with van der Waals surface area (Å²) in [6.45, 7) is 7.20. The Labute approximate surface area is 131 Å². The fourth-order valence-corrected chi connectivity index (χ4v) is 6.53. The van der Waals surface area contributed by atoms with Gasteiger partial charge in [-0.1, -0.05) is 32.4 Å². The molecule has 2 unspecified atom stereocenters. The molecule has 1 aliphatic heterocycles. The third kappa shape index (κ3) is 2.41. The normalized spacial score (nSPS) is 32.5. The summed E-state index contributed by atoms with van der Waals surface area (Å²) in [5.41, 5.74) is 0.233. The van der Waals surface area contributed by atoms with Gasteiger partial charge in [0.2, 0.25) is 5.03 Å². The summed E-state index contributed by atoms with van der Waals surface area (Å²) in [6.07, 6.45) is 4.33. The second kappa shape index (κ2) is 4.46. The van der Waals surface area contributed by atoms with E-state index >= 15 is 0 Å². The van der Waals surface area contributed by atoms with Crippen molar-refractivity contribution >= 4 is 21.6 Å². The fraction of sp³-hybridized carbons (Fsp3) is 0.786. The molecule has 2 aliphatic rings. The maximum absolute atomic E-state index is 12.9. The standard InChI is InChI=1S/C14H22ClN3O2S/c1-13(2)5-10-6-14(3,7-13)8-18(10)21(19,20)12-11(15)17(4)9-16-12/h9-10H,5-8H2,1-4H3. The number of aromatic nitrogens is 2. The van der Waals surface area contributed by atoms with E-state index in [9.17, 15) is 8.42 Å². The number of fused-ring (bicyclic) bond motifs is 2. The lowest BCUT2D eigenvalue weighted by Gasteiger charge is -2.39. The molecule has 1 aromatic heterocycles. The van der Waals surface area contributed by atoms with E-state index in [1.807, 2.05) is 0 Å². The van der Waals surface area contributed by atoms with Crippen molar-refractivity contribution in [3.8, 4) is 0 Å². The van der Waals surface area contributed by atoms with Crippen molar-refractivity contribution in [1.82, 2.24) is 13.9 Å². The second-order valence-electron chi connectivity index (χ2n) is 7.72. The first-order valence-electron chi connectivity index (χ1n) is 7.23. The summed E-state index contributed by atoms with van der Waals surface area (Å²) in [6, 6.07) is 0.0572. The topological polar surface area (TPSA) is 55.2 Å². The third-order valence-electron chi connectivity index (χ3n) is 4.75. The maximum atomic E-state index is 12.9. The smallest absolute Gasteiger partial charge is 0.263 e. The van der Waals surface area contributed by atoms with Crippen LogP contribution in [0.1, 0.15) is 40.0 Å². The summed E-state index contributed by atoms with van der Waals surface area (Å²) in [5.74, 6) is 0. The van der Waals surface area contributed by atoms with Crippen LogP contribution in [0.15, 0.2) is 11.4 Å². The highest BCUT2D eigenvalue weighted by Crippen LogP contribution is 2.53. The number of halogens is 1. The number of imidazole rings is 1. The molecule has 21 heavy (non-hydrogen) atoms. The zero-order chi connectivity index (χ0) is 15.6. The average Bonchev–Trinajstić information content (AvgIpc) is 2.77. The Morgan fingerprint density at radius 3 is 2.57 bits per heavy atom. The molecule has 2 fully saturated rings. The molecule has 1 saturated carbocycles. The molecule has 0 spiro atoms. The maximum Gasteiger partial charge on any atom is 0.263 e. The van der Waals surface area contributed by atoms with E-state index in [2.05, 4.69) is 25.8 Å². The predicted octanol–water partition coefficient (Wildman–Crippen LogP) is 2.66. The number of hydrogen-bond donors (Lipinski definition) is 0. The summed E-state index contributed by atoms with van der Waals surface area (Å²) < 4.78 is 29.0. The first-order valence-corrected chi connectivity index (χ1v) is 9.05. The van der Waals surface area contributed by atoms with Crippen LogP contribution in [0.25, 0.3) is 0 Å². The number of aryl methyl sites for hydroxylation is 1. The van der Waals surface area contributed by atoms with Crippen molar-refractivity contribution in [1.29, 1.82) is 0 Å². The molecule has 3 rings (SSSR count). The summed E-state index contributed by atoms with van der Waals surface area (Å²) in [4.78, 5) is 4.01. The van der Waals surface area contributed by atoms with Gasteiger partial charge in [-0.3, -0.25) is 0 Å². The molecule has 5 nitrogen and oxygen atoms in total. The van der Waals surface area contributed by atoms with Crippen molar-refractivity contribution in [3.05, 3.63) is 11.5 Å². The zero-order valence-corrected chi connectivity index (χ0v) is 14.5. The molecule has 7 heteroatoms. The molecule has 0 amide bonds. The van der Waals surface area contributed by atoms with Gasteiger partial charge in [-0.05, 0) is 30.1 Å². The van der Waals surface area contributed by atoms with Crippen molar-refractivity contribution in [3.63, 3.8) is 0 Å². The van der Waals surface area contributed by atoms with Crippen LogP contribution in [0.2, 0.25) is 5.15 Å². The fourth-order valence-electron chi connectivity index (χ4n) is 4.37.